The molecule has 2 heterocycles. The van der Waals surface area contributed by atoms with E-state index >= 15 is 0 Å². The van der Waals surface area contributed by atoms with Crippen LogP contribution >= 0.6 is 57.5 Å². The topological polar surface area (TPSA) is 37.0 Å². The highest BCUT2D eigenvalue weighted by molar-refractivity contribution is 7.15. The van der Waals surface area contributed by atoms with Gasteiger partial charge in [0.15, 0.2) is 10.8 Å². The van der Waals surface area contributed by atoms with Crippen molar-refractivity contribution in [2.24, 2.45) is 0 Å². The fourth-order valence-electron chi connectivity index (χ4n) is 2.85. The molecule has 0 bridgehead atoms. The maximum Gasteiger partial charge on any atom is 0.434 e. The van der Waals surface area contributed by atoms with Crippen LogP contribution in [0.2, 0.25) is 15.1 Å². The molecular weight excluding hydrogens is 498 g/mol. The Balaban J connectivity index is 1.85. The monoisotopic (exact) mass is 513 g/mol. The van der Waals surface area contributed by atoms with Gasteiger partial charge in [0, 0.05) is 22.5 Å². The zero-order valence-electron chi connectivity index (χ0n) is 15.6. The largest absolute Gasteiger partial charge is 0.434 e. The zero-order chi connectivity index (χ0) is 21.9. The predicted octanol–water partition coefficient (Wildman–Crippen LogP) is 8.56. The van der Waals surface area contributed by atoms with Gasteiger partial charge in [-0.05, 0) is 30.0 Å². The van der Waals surface area contributed by atoms with Gasteiger partial charge in [-0.15, -0.1) is 11.3 Å². The quantitative estimate of drug-likeness (QED) is 0.316. The van der Waals surface area contributed by atoms with Gasteiger partial charge in [-0.2, -0.15) is 13.2 Å². The number of nitrogens with one attached hydrogen (secondary N) is 2. The molecule has 0 saturated carbocycles. The molecule has 11 heteroatoms. The standard InChI is InChI=1S/C19H17Cl3F3N3S2/c1-2-4-13(14-5-3-6-29-14)26-9-15-17(19(23,24)25)28-18(30-15)27-16-11(21)7-10(20)8-12(16)22/h3,5-8,13,26H,2,4,9H2,1H3,(H,27,28). The van der Waals surface area contributed by atoms with Crippen LogP contribution in [-0.4, -0.2) is 4.98 Å². The molecular formula is C19H17Cl3F3N3S2. The van der Waals surface area contributed by atoms with Crippen molar-refractivity contribution in [2.45, 2.75) is 38.5 Å². The lowest BCUT2D eigenvalue weighted by Crippen LogP contribution is -2.21. The summed E-state index contributed by atoms with van der Waals surface area (Å²) in [5.41, 5.74) is -0.669. The fourth-order valence-corrected chi connectivity index (χ4v) is 5.54. The minimum atomic E-state index is -4.58. The van der Waals surface area contributed by atoms with Crippen LogP contribution in [0.3, 0.4) is 0 Å². The molecule has 0 spiro atoms. The summed E-state index contributed by atoms with van der Waals surface area (Å²) in [6.45, 7) is 2.08. The number of anilines is 2. The fraction of sp³-hybridized carbons (Fsp3) is 0.316. The summed E-state index contributed by atoms with van der Waals surface area (Å²) in [7, 11) is 0. The number of halogens is 6. The van der Waals surface area contributed by atoms with Crippen molar-refractivity contribution < 1.29 is 13.2 Å². The Bertz CT molecular complexity index is 968. The second-order valence-electron chi connectivity index (χ2n) is 6.40. The van der Waals surface area contributed by atoms with Crippen LogP contribution in [-0.2, 0) is 12.7 Å². The van der Waals surface area contributed by atoms with Gasteiger partial charge in [-0.1, -0.05) is 65.6 Å². The number of hydrogen-bond acceptors (Lipinski definition) is 5. The zero-order valence-corrected chi connectivity index (χ0v) is 19.5. The predicted molar refractivity (Wildman–Crippen MR) is 121 cm³/mol. The molecule has 0 aliphatic heterocycles. The number of thiophene rings is 1. The van der Waals surface area contributed by atoms with E-state index < -0.39 is 11.9 Å². The molecule has 162 valence electrons. The van der Waals surface area contributed by atoms with E-state index in [0.29, 0.717) is 5.02 Å². The van der Waals surface area contributed by atoms with E-state index in [0.717, 1.165) is 29.1 Å². The molecule has 0 amide bonds. The molecule has 1 aromatic carbocycles. The summed E-state index contributed by atoms with van der Waals surface area (Å²) >= 11 is 20.6. The van der Waals surface area contributed by atoms with Gasteiger partial charge < -0.3 is 10.6 Å². The average molecular weight is 515 g/mol. The Morgan fingerprint density at radius 3 is 2.43 bits per heavy atom. The molecule has 0 aliphatic rings. The first kappa shape index (κ1) is 23.6. The Labute approximate surface area is 195 Å². The molecule has 0 saturated heterocycles. The lowest BCUT2D eigenvalue weighted by Gasteiger charge is -2.16. The van der Waals surface area contributed by atoms with Gasteiger partial charge in [0.05, 0.1) is 20.6 Å². The van der Waals surface area contributed by atoms with Crippen LogP contribution in [0.5, 0.6) is 0 Å². The van der Waals surface area contributed by atoms with Crippen LogP contribution < -0.4 is 10.6 Å². The third kappa shape index (κ3) is 5.81. The maximum absolute atomic E-state index is 13.6. The first-order valence-corrected chi connectivity index (χ1v) is 11.8. The van der Waals surface area contributed by atoms with Gasteiger partial charge in [-0.3, -0.25) is 0 Å². The second kappa shape index (κ2) is 10.1. The third-order valence-corrected chi connectivity index (χ3v) is 6.95. The van der Waals surface area contributed by atoms with Gasteiger partial charge in [0.1, 0.15) is 0 Å². The molecule has 2 N–H and O–H groups in total. The van der Waals surface area contributed by atoms with E-state index in [-0.39, 0.29) is 38.3 Å². The summed E-state index contributed by atoms with van der Waals surface area (Å²) in [5, 5.41) is 8.75. The maximum atomic E-state index is 13.6. The lowest BCUT2D eigenvalue weighted by atomic mass is 10.1. The Morgan fingerprint density at radius 1 is 1.17 bits per heavy atom. The van der Waals surface area contributed by atoms with Crippen molar-refractivity contribution in [1.82, 2.24) is 10.3 Å². The highest BCUT2D eigenvalue weighted by atomic mass is 35.5. The Hall–Kier alpha value is -1.03. The molecule has 30 heavy (non-hydrogen) atoms. The van der Waals surface area contributed by atoms with Gasteiger partial charge >= 0.3 is 6.18 Å². The van der Waals surface area contributed by atoms with Crippen molar-refractivity contribution in [3.05, 3.63) is 60.2 Å². The van der Waals surface area contributed by atoms with Crippen molar-refractivity contribution in [2.75, 3.05) is 5.32 Å². The van der Waals surface area contributed by atoms with E-state index in [9.17, 15) is 13.2 Å². The van der Waals surface area contributed by atoms with E-state index in [1.54, 1.807) is 11.3 Å². The molecule has 0 fully saturated rings. The van der Waals surface area contributed by atoms with Crippen LogP contribution in [0.4, 0.5) is 24.0 Å². The number of aromatic nitrogens is 1. The Kier molecular flexibility index (Phi) is 7.92. The van der Waals surface area contributed by atoms with Gasteiger partial charge in [0.2, 0.25) is 0 Å². The molecule has 3 rings (SSSR count). The van der Waals surface area contributed by atoms with Crippen LogP contribution in [0, 0.1) is 0 Å². The number of nitrogens with zero attached hydrogens (tertiary/aromatic N) is 1. The Morgan fingerprint density at radius 2 is 1.87 bits per heavy atom. The van der Waals surface area contributed by atoms with Crippen molar-refractivity contribution in [1.29, 1.82) is 0 Å². The van der Waals surface area contributed by atoms with Crippen LogP contribution in [0.25, 0.3) is 0 Å². The number of alkyl halides is 3. The number of benzene rings is 1. The molecule has 3 nitrogen and oxygen atoms in total. The molecule has 1 atom stereocenters. The van der Waals surface area contributed by atoms with E-state index in [1.807, 2.05) is 24.4 Å². The highest BCUT2D eigenvalue weighted by Crippen LogP contribution is 2.40. The van der Waals surface area contributed by atoms with Crippen molar-refractivity contribution in [3.8, 4) is 0 Å². The molecule has 3 aromatic rings. The summed E-state index contributed by atoms with van der Waals surface area (Å²) in [6.07, 6.45) is -2.85. The van der Waals surface area contributed by atoms with Crippen LogP contribution in [0.15, 0.2) is 29.6 Å². The third-order valence-electron chi connectivity index (χ3n) is 4.18. The molecule has 1 unspecified atom stereocenters. The summed E-state index contributed by atoms with van der Waals surface area (Å²) < 4.78 is 40.7. The minimum absolute atomic E-state index is 0.0188. The number of thiazole rings is 1. The van der Waals surface area contributed by atoms with Crippen molar-refractivity contribution >= 4 is 68.3 Å². The first-order chi connectivity index (χ1) is 14.2. The highest BCUT2D eigenvalue weighted by Gasteiger charge is 2.37. The minimum Gasteiger partial charge on any atom is -0.329 e. The van der Waals surface area contributed by atoms with Crippen molar-refractivity contribution in [3.63, 3.8) is 0 Å². The normalized spacial score (nSPS) is 12.9. The van der Waals surface area contributed by atoms with Crippen LogP contribution in [0.1, 0.15) is 41.3 Å². The molecule has 0 radical (unpaired) electrons. The SMILES string of the molecule is CCCC(NCc1sc(Nc2c(Cl)cc(Cl)cc2Cl)nc1C(F)(F)F)c1cccs1. The summed E-state index contributed by atoms with van der Waals surface area (Å²) in [4.78, 5) is 4.94. The smallest absolute Gasteiger partial charge is 0.329 e. The number of hydrogen-bond donors (Lipinski definition) is 2. The van der Waals surface area contributed by atoms with E-state index in [4.69, 9.17) is 34.8 Å². The number of rotatable bonds is 8. The van der Waals surface area contributed by atoms with E-state index in [1.165, 1.54) is 12.1 Å². The first-order valence-electron chi connectivity index (χ1n) is 8.94. The summed E-state index contributed by atoms with van der Waals surface area (Å²) in [5.74, 6) is 0. The molecule has 0 aliphatic carbocycles. The van der Waals surface area contributed by atoms with E-state index in [2.05, 4.69) is 15.6 Å². The van der Waals surface area contributed by atoms with Gasteiger partial charge in [0.25, 0.3) is 0 Å². The van der Waals surface area contributed by atoms with Gasteiger partial charge in [-0.25, -0.2) is 4.98 Å². The lowest BCUT2D eigenvalue weighted by molar-refractivity contribution is -0.141. The average Bonchev–Trinajstić information content (AvgIpc) is 3.31. The molecule has 2 aromatic heterocycles. The second-order valence-corrected chi connectivity index (χ2v) is 9.71. The summed E-state index contributed by atoms with van der Waals surface area (Å²) in [6, 6.07) is 6.80.